The second-order valence-electron chi connectivity index (χ2n) is 8.92. The highest BCUT2D eigenvalue weighted by atomic mass is 16.5. The number of aromatic nitrogens is 2. The molecule has 0 bridgehead atoms. The lowest BCUT2D eigenvalue weighted by atomic mass is 9.87. The van der Waals surface area contributed by atoms with E-state index in [4.69, 9.17) is 9.47 Å². The van der Waals surface area contributed by atoms with Crippen LogP contribution < -0.4 is 9.47 Å². The van der Waals surface area contributed by atoms with Crippen molar-refractivity contribution < 1.29 is 23.9 Å². The summed E-state index contributed by atoms with van der Waals surface area (Å²) in [4.78, 5) is 45.5. The fourth-order valence-corrected chi connectivity index (χ4v) is 4.14. The Morgan fingerprint density at radius 3 is 1.46 bits per heavy atom. The van der Waals surface area contributed by atoms with E-state index in [0.29, 0.717) is 35.5 Å². The number of carbonyl (C=O) groups is 3. The standard InChI is InChI=1S/C32H24N2O5/c35-30-24(18-22-8-12-28(13-9-22)38-31(36)26-6-2-16-33-20-26)4-1-5-25(30)19-23-10-14-29(15-11-23)39-32(37)27-7-3-17-34-21-27/h2-3,6-21H,1,4-5H2/b24-18+,25-19+. The molecule has 4 aromatic rings. The second kappa shape index (κ2) is 11.9. The van der Waals surface area contributed by atoms with Crippen LogP contribution in [-0.4, -0.2) is 27.7 Å². The van der Waals surface area contributed by atoms with Gasteiger partial charge >= 0.3 is 11.9 Å². The van der Waals surface area contributed by atoms with Gasteiger partial charge in [-0.15, -0.1) is 0 Å². The van der Waals surface area contributed by atoms with Crippen molar-refractivity contribution in [3.8, 4) is 11.5 Å². The Labute approximate surface area is 225 Å². The van der Waals surface area contributed by atoms with Crippen molar-refractivity contribution in [3.63, 3.8) is 0 Å². The first-order valence-corrected chi connectivity index (χ1v) is 12.5. The summed E-state index contributed by atoms with van der Waals surface area (Å²) in [6.07, 6.45) is 12.1. The molecule has 0 unspecified atom stereocenters. The molecule has 39 heavy (non-hydrogen) atoms. The fraction of sp³-hybridized carbons (Fsp3) is 0.0938. The highest BCUT2D eigenvalue weighted by Crippen LogP contribution is 2.29. The number of rotatable bonds is 6. The smallest absolute Gasteiger partial charge is 0.345 e. The number of ether oxygens (including phenoxy) is 2. The molecule has 2 aromatic carbocycles. The molecule has 7 heteroatoms. The van der Waals surface area contributed by atoms with Gasteiger partial charge in [-0.1, -0.05) is 24.3 Å². The molecule has 0 aliphatic heterocycles. The summed E-state index contributed by atoms with van der Waals surface area (Å²) in [6.45, 7) is 0. The molecule has 2 heterocycles. The summed E-state index contributed by atoms with van der Waals surface area (Å²) in [6, 6.07) is 20.7. The third-order valence-electron chi connectivity index (χ3n) is 6.13. The Bertz CT molecular complexity index is 1430. The Hall–Kier alpha value is -5.17. The number of pyridine rings is 2. The molecule has 1 saturated carbocycles. The van der Waals surface area contributed by atoms with Gasteiger partial charge < -0.3 is 9.47 Å². The zero-order valence-corrected chi connectivity index (χ0v) is 20.9. The minimum atomic E-state index is -0.480. The molecule has 1 aliphatic rings. The predicted molar refractivity (Wildman–Crippen MR) is 146 cm³/mol. The van der Waals surface area contributed by atoms with Crippen LogP contribution in [0, 0.1) is 0 Å². The Morgan fingerprint density at radius 1 is 0.641 bits per heavy atom. The minimum Gasteiger partial charge on any atom is -0.423 e. The van der Waals surface area contributed by atoms with E-state index in [1.54, 1.807) is 60.9 Å². The van der Waals surface area contributed by atoms with Crippen molar-refractivity contribution in [3.05, 3.63) is 131 Å². The summed E-state index contributed by atoms with van der Waals surface area (Å²) in [5.74, 6) is -0.120. The first-order chi connectivity index (χ1) is 19.0. The molecule has 0 spiro atoms. The molecular formula is C32H24N2O5. The van der Waals surface area contributed by atoms with E-state index in [1.807, 2.05) is 36.4 Å². The van der Waals surface area contributed by atoms with E-state index in [-0.39, 0.29) is 5.78 Å². The third-order valence-corrected chi connectivity index (χ3v) is 6.13. The van der Waals surface area contributed by atoms with Gasteiger partial charge in [0.1, 0.15) is 11.5 Å². The maximum atomic E-state index is 13.2. The van der Waals surface area contributed by atoms with E-state index in [9.17, 15) is 14.4 Å². The highest BCUT2D eigenvalue weighted by Gasteiger charge is 2.20. The molecule has 0 amide bonds. The van der Waals surface area contributed by atoms with E-state index >= 15 is 0 Å². The topological polar surface area (TPSA) is 95.5 Å². The average Bonchev–Trinajstić information content (AvgIpc) is 2.98. The van der Waals surface area contributed by atoms with Gasteiger partial charge in [0.2, 0.25) is 0 Å². The molecular weight excluding hydrogens is 492 g/mol. The quantitative estimate of drug-likeness (QED) is 0.173. The largest absolute Gasteiger partial charge is 0.423 e. The van der Waals surface area contributed by atoms with Gasteiger partial charge in [-0.25, -0.2) is 9.59 Å². The van der Waals surface area contributed by atoms with Crippen LogP contribution in [0.1, 0.15) is 51.1 Å². The summed E-state index contributed by atoms with van der Waals surface area (Å²) in [5, 5.41) is 0. The number of allylic oxidation sites excluding steroid dienone is 2. The number of benzene rings is 2. The predicted octanol–water partition coefficient (Wildman–Crippen LogP) is 6.14. The van der Waals surface area contributed by atoms with E-state index in [1.165, 1.54) is 12.4 Å². The van der Waals surface area contributed by atoms with Gasteiger partial charge in [0, 0.05) is 35.9 Å². The number of hydrogen-bond donors (Lipinski definition) is 0. The third kappa shape index (κ3) is 6.59. The van der Waals surface area contributed by atoms with Crippen molar-refractivity contribution in [1.29, 1.82) is 0 Å². The Balaban J connectivity index is 1.23. The normalized spacial score (nSPS) is 15.2. The molecule has 0 N–H and O–H groups in total. The zero-order chi connectivity index (χ0) is 27.0. The first-order valence-electron chi connectivity index (χ1n) is 12.5. The van der Waals surface area contributed by atoms with Crippen LogP contribution in [0.4, 0.5) is 0 Å². The summed E-state index contributed by atoms with van der Waals surface area (Å²) in [7, 11) is 0. The van der Waals surface area contributed by atoms with E-state index in [2.05, 4.69) is 9.97 Å². The van der Waals surface area contributed by atoms with Gasteiger partial charge in [-0.05, 0) is 91.1 Å². The van der Waals surface area contributed by atoms with Crippen molar-refractivity contribution in [2.24, 2.45) is 0 Å². The number of hydrogen-bond acceptors (Lipinski definition) is 7. The number of nitrogens with zero attached hydrogens (tertiary/aromatic N) is 2. The molecule has 1 aliphatic carbocycles. The molecule has 0 saturated heterocycles. The number of Topliss-reactive ketones (excluding diaryl/α,β-unsaturated/α-hetero) is 1. The minimum absolute atomic E-state index is 0.0143. The number of ketones is 1. The maximum Gasteiger partial charge on any atom is 0.345 e. The fourth-order valence-electron chi connectivity index (χ4n) is 4.14. The van der Waals surface area contributed by atoms with Gasteiger partial charge in [-0.2, -0.15) is 0 Å². The van der Waals surface area contributed by atoms with Crippen molar-refractivity contribution >= 4 is 29.9 Å². The second-order valence-corrected chi connectivity index (χ2v) is 8.92. The number of esters is 2. The van der Waals surface area contributed by atoms with Crippen LogP contribution in [0.2, 0.25) is 0 Å². The molecule has 2 aromatic heterocycles. The summed E-state index contributed by atoms with van der Waals surface area (Å²) in [5.41, 5.74) is 3.90. The zero-order valence-electron chi connectivity index (χ0n) is 20.9. The molecule has 1 fully saturated rings. The lowest BCUT2D eigenvalue weighted by molar-refractivity contribution is -0.112. The molecule has 192 valence electrons. The van der Waals surface area contributed by atoms with Crippen LogP contribution in [0.3, 0.4) is 0 Å². The van der Waals surface area contributed by atoms with Gasteiger partial charge in [0.05, 0.1) is 11.1 Å². The first kappa shape index (κ1) is 25.5. The van der Waals surface area contributed by atoms with Crippen LogP contribution in [-0.2, 0) is 4.79 Å². The Morgan fingerprint density at radius 2 is 1.08 bits per heavy atom. The SMILES string of the molecule is O=C1/C(=C/c2ccc(OC(=O)c3cccnc3)cc2)CCC/C1=C\c1ccc(OC(=O)c2cccnc2)cc1. The van der Waals surface area contributed by atoms with Crippen molar-refractivity contribution in [2.45, 2.75) is 19.3 Å². The van der Waals surface area contributed by atoms with Gasteiger partial charge in [-0.3, -0.25) is 14.8 Å². The maximum absolute atomic E-state index is 13.2. The van der Waals surface area contributed by atoms with Crippen molar-refractivity contribution in [1.82, 2.24) is 9.97 Å². The lowest BCUT2D eigenvalue weighted by Gasteiger charge is -2.16. The van der Waals surface area contributed by atoms with Crippen LogP contribution in [0.5, 0.6) is 11.5 Å². The van der Waals surface area contributed by atoms with Gasteiger partial charge in [0.25, 0.3) is 0 Å². The molecule has 0 atom stereocenters. The van der Waals surface area contributed by atoms with Crippen molar-refractivity contribution in [2.75, 3.05) is 0 Å². The average molecular weight is 517 g/mol. The summed E-state index contributed by atoms with van der Waals surface area (Å²) < 4.78 is 10.8. The van der Waals surface area contributed by atoms with E-state index < -0.39 is 11.9 Å². The Kier molecular flexibility index (Phi) is 7.79. The van der Waals surface area contributed by atoms with Crippen LogP contribution in [0.25, 0.3) is 12.2 Å². The number of carbonyl (C=O) groups excluding carboxylic acids is 3. The van der Waals surface area contributed by atoms with Crippen LogP contribution >= 0.6 is 0 Å². The molecule has 0 radical (unpaired) electrons. The van der Waals surface area contributed by atoms with Gasteiger partial charge in [0.15, 0.2) is 5.78 Å². The monoisotopic (exact) mass is 516 g/mol. The molecule has 7 nitrogen and oxygen atoms in total. The highest BCUT2D eigenvalue weighted by molar-refractivity contribution is 6.14. The van der Waals surface area contributed by atoms with Crippen LogP contribution in [0.15, 0.2) is 109 Å². The molecule has 5 rings (SSSR count). The summed E-state index contributed by atoms with van der Waals surface area (Å²) >= 11 is 0. The lowest BCUT2D eigenvalue weighted by Crippen LogP contribution is -2.12. The van der Waals surface area contributed by atoms with E-state index in [0.717, 1.165) is 28.7 Å².